The number of hydrogen-bond donors (Lipinski definition) is 0. The molecule has 3 heteroatoms. The van der Waals surface area contributed by atoms with Gasteiger partial charge in [-0.3, -0.25) is 0 Å². The van der Waals surface area contributed by atoms with E-state index in [4.69, 9.17) is 9.47 Å². The summed E-state index contributed by atoms with van der Waals surface area (Å²) in [6, 6.07) is 8.01. The van der Waals surface area contributed by atoms with Crippen molar-refractivity contribution in [3.05, 3.63) is 29.8 Å². The number of hydrogen-bond acceptors (Lipinski definition) is 2. The fourth-order valence-electron chi connectivity index (χ4n) is 1.24. The predicted octanol–water partition coefficient (Wildman–Crippen LogP) is 2.46. The van der Waals surface area contributed by atoms with Gasteiger partial charge in [0.05, 0.1) is 0 Å². The molecular weight excluding hydrogens is 208 g/mol. The molecule has 0 heterocycles. The maximum Gasteiger partial charge on any atom is 0.200 e. The van der Waals surface area contributed by atoms with E-state index in [0.29, 0.717) is 6.61 Å². The molecule has 0 N–H and O–H groups in total. The second-order valence-electron chi connectivity index (χ2n) is 3.13. The largest absolute Gasteiger partial charge is 0.465 e. The maximum atomic E-state index is 5.54. The minimum Gasteiger partial charge on any atom is -0.465 e. The zero-order chi connectivity index (χ0) is 11.1. The summed E-state index contributed by atoms with van der Waals surface area (Å²) >= 11 is 1.57. The van der Waals surface area contributed by atoms with Crippen LogP contribution in [-0.2, 0) is 21.8 Å². The Kier molecular flexibility index (Phi) is 5.29. The highest BCUT2D eigenvalue weighted by molar-refractivity contribution is 7.75. The van der Waals surface area contributed by atoms with Crippen molar-refractivity contribution >= 4 is 17.2 Å². The topological polar surface area (TPSA) is 18.5 Å². The quantitative estimate of drug-likeness (QED) is 0.420. The average Bonchev–Trinajstić information content (AvgIpc) is 2.22. The van der Waals surface area contributed by atoms with E-state index < -0.39 is 0 Å². The van der Waals surface area contributed by atoms with Crippen LogP contribution < -0.4 is 4.74 Å². The number of rotatable bonds is 6. The van der Waals surface area contributed by atoms with E-state index in [0.717, 1.165) is 11.5 Å². The molecule has 1 rings (SSSR count). The third-order valence-corrected chi connectivity index (χ3v) is 2.43. The van der Waals surface area contributed by atoms with Gasteiger partial charge in [0, 0.05) is 12.2 Å². The molecule has 0 amide bonds. The van der Waals surface area contributed by atoms with Crippen LogP contribution in [0.3, 0.4) is 0 Å². The van der Waals surface area contributed by atoms with Crippen molar-refractivity contribution in [2.24, 2.45) is 0 Å². The molecule has 0 spiro atoms. The van der Waals surface area contributed by atoms with Crippen LogP contribution in [0.4, 0.5) is 0 Å². The first-order valence-electron chi connectivity index (χ1n) is 5.00. The summed E-state index contributed by atoms with van der Waals surface area (Å²) in [5, 5.41) is 0. The smallest absolute Gasteiger partial charge is 0.200 e. The summed E-state index contributed by atoms with van der Waals surface area (Å²) in [5.41, 5.74) is 1.26. The van der Waals surface area contributed by atoms with E-state index in [1.165, 1.54) is 5.56 Å². The molecule has 0 aromatic heterocycles. The maximum absolute atomic E-state index is 5.54. The van der Waals surface area contributed by atoms with Gasteiger partial charge in [0.2, 0.25) is 0 Å². The molecule has 0 bridgehead atoms. The molecule has 0 radical (unpaired) electrons. The zero-order valence-corrected chi connectivity index (χ0v) is 10.0. The number of ether oxygens (including phenoxy) is 2. The van der Waals surface area contributed by atoms with Gasteiger partial charge in [0.1, 0.15) is 5.75 Å². The van der Waals surface area contributed by atoms with Crippen LogP contribution in [0.25, 0.3) is 0 Å². The Labute approximate surface area is 95.2 Å². The van der Waals surface area contributed by atoms with Crippen LogP contribution in [-0.4, -0.2) is 18.8 Å². The van der Waals surface area contributed by atoms with Gasteiger partial charge in [0.15, 0.2) is 29.3 Å². The van der Waals surface area contributed by atoms with Crippen LogP contribution in [0.1, 0.15) is 19.4 Å². The molecule has 1 aromatic carbocycles. The normalized spacial score (nSPS) is 12.1. The van der Waals surface area contributed by atoms with Crippen LogP contribution in [0.5, 0.6) is 5.75 Å². The van der Waals surface area contributed by atoms with Crippen molar-refractivity contribution in [2.75, 3.05) is 6.61 Å². The van der Waals surface area contributed by atoms with E-state index in [2.05, 4.69) is 5.87 Å². The molecule has 0 saturated carbocycles. The lowest BCUT2D eigenvalue weighted by Crippen LogP contribution is -2.15. The van der Waals surface area contributed by atoms with Crippen molar-refractivity contribution < 1.29 is 9.47 Å². The molecule has 1 atom stereocenters. The third-order valence-electron chi connectivity index (χ3n) is 1.90. The van der Waals surface area contributed by atoms with E-state index in [9.17, 15) is 0 Å². The highest BCUT2D eigenvalue weighted by Crippen LogP contribution is 2.14. The van der Waals surface area contributed by atoms with Crippen LogP contribution >= 0.6 is 0 Å². The second-order valence-corrected chi connectivity index (χ2v) is 3.83. The SMILES string of the molecule is C=[S+]Cc1ccc(OC(C)OCC)cc1. The average molecular weight is 225 g/mol. The molecule has 1 aromatic rings. The summed E-state index contributed by atoms with van der Waals surface area (Å²) in [6.07, 6.45) is -0.192. The fraction of sp³-hybridized carbons (Fsp3) is 0.417. The van der Waals surface area contributed by atoms with Crippen molar-refractivity contribution in [3.8, 4) is 5.75 Å². The molecule has 0 aliphatic carbocycles. The lowest BCUT2D eigenvalue weighted by Gasteiger charge is -2.13. The first kappa shape index (κ1) is 12.1. The van der Waals surface area contributed by atoms with Crippen LogP contribution in [0, 0.1) is 0 Å². The molecule has 0 aliphatic heterocycles. The van der Waals surface area contributed by atoms with E-state index in [1.54, 1.807) is 11.4 Å². The molecule has 82 valence electrons. The molecule has 0 aliphatic rings. The molecule has 2 nitrogen and oxygen atoms in total. The van der Waals surface area contributed by atoms with Gasteiger partial charge in [-0.2, -0.15) is 0 Å². The molecular formula is C12H17O2S+. The van der Waals surface area contributed by atoms with Gasteiger partial charge in [0.25, 0.3) is 0 Å². The lowest BCUT2D eigenvalue weighted by molar-refractivity contribution is -0.0613. The first-order chi connectivity index (χ1) is 7.26. The van der Waals surface area contributed by atoms with Gasteiger partial charge < -0.3 is 9.47 Å². The van der Waals surface area contributed by atoms with Gasteiger partial charge in [-0.15, -0.1) is 0 Å². The standard InChI is InChI=1S/C12H17O2S/c1-4-13-10(2)14-12-7-5-11(6-8-12)9-15-3/h5-8,10H,3-4,9H2,1-2H3/q+1. The van der Waals surface area contributed by atoms with E-state index >= 15 is 0 Å². The summed E-state index contributed by atoms with van der Waals surface area (Å²) in [5.74, 6) is 5.51. The monoisotopic (exact) mass is 225 g/mol. The Hall–Kier alpha value is -0.930. The lowest BCUT2D eigenvalue weighted by atomic mass is 10.2. The van der Waals surface area contributed by atoms with Gasteiger partial charge in [-0.1, -0.05) is 12.1 Å². The first-order valence-corrected chi connectivity index (χ1v) is 6.16. The Morgan fingerprint density at radius 2 is 2.00 bits per heavy atom. The van der Waals surface area contributed by atoms with E-state index in [-0.39, 0.29) is 6.29 Å². The van der Waals surface area contributed by atoms with Gasteiger partial charge >= 0.3 is 0 Å². The molecule has 0 saturated heterocycles. The molecule has 15 heavy (non-hydrogen) atoms. The number of benzene rings is 1. The van der Waals surface area contributed by atoms with Gasteiger partial charge in [-0.25, -0.2) is 0 Å². The minimum atomic E-state index is -0.192. The van der Waals surface area contributed by atoms with Crippen molar-refractivity contribution in [3.63, 3.8) is 0 Å². The fourth-order valence-corrected chi connectivity index (χ4v) is 1.67. The van der Waals surface area contributed by atoms with Crippen LogP contribution in [0.2, 0.25) is 0 Å². The van der Waals surface area contributed by atoms with E-state index in [1.807, 2.05) is 38.1 Å². The molecule has 1 unspecified atom stereocenters. The minimum absolute atomic E-state index is 0.192. The second kappa shape index (κ2) is 6.53. The highest BCUT2D eigenvalue weighted by Gasteiger charge is 2.03. The van der Waals surface area contributed by atoms with Gasteiger partial charge in [-0.05, 0) is 26.0 Å². The van der Waals surface area contributed by atoms with Crippen molar-refractivity contribution in [2.45, 2.75) is 25.9 Å². The summed E-state index contributed by atoms with van der Waals surface area (Å²) in [7, 11) is 0. The predicted molar refractivity (Wildman–Crippen MR) is 66.3 cm³/mol. The Morgan fingerprint density at radius 3 is 2.53 bits per heavy atom. The molecule has 0 fully saturated rings. The van der Waals surface area contributed by atoms with Crippen molar-refractivity contribution in [1.29, 1.82) is 0 Å². The Balaban J connectivity index is 2.52. The zero-order valence-electron chi connectivity index (χ0n) is 9.23. The third kappa shape index (κ3) is 4.40. The summed E-state index contributed by atoms with van der Waals surface area (Å²) in [6.45, 7) is 4.51. The Morgan fingerprint density at radius 1 is 1.33 bits per heavy atom. The highest BCUT2D eigenvalue weighted by atomic mass is 32.1. The Bertz CT molecular complexity index is 295. The van der Waals surface area contributed by atoms with Crippen molar-refractivity contribution in [1.82, 2.24) is 0 Å². The summed E-state index contributed by atoms with van der Waals surface area (Å²) < 4.78 is 10.8. The summed E-state index contributed by atoms with van der Waals surface area (Å²) in [4.78, 5) is 0. The van der Waals surface area contributed by atoms with Crippen LogP contribution in [0.15, 0.2) is 24.3 Å².